The van der Waals surface area contributed by atoms with Crippen LogP contribution in [0.4, 0.5) is 0 Å². The number of hydrogen-bond acceptors (Lipinski definition) is 3. The van der Waals surface area contributed by atoms with E-state index in [1.165, 1.54) is 0 Å². The van der Waals surface area contributed by atoms with Crippen molar-refractivity contribution in [1.29, 1.82) is 5.26 Å². The van der Waals surface area contributed by atoms with Crippen LogP contribution in [0.2, 0.25) is 0 Å². The summed E-state index contributed by atoms with van der Waals surface area (Å²) in [4.78, 5) is 0. The van der Waals surface area contributed by atoms with Crippen LogP contribution in [-0.4, -0.2) is 13.7 Å². The SMILES string of the molecule is COc1cc(C#N)ccc1C=CCN. The normalized spacial score (nSPS) is 10.1. The molecule has 0 spiro atoms. The third kappa shape index (κ3) is 2.35. The summed E-state index contributed by atoms with van der Waals surface area (Å²) in [6.07, 6.45) is 3.71. The summed E-state index contributed by atoms with van der Waals surface area (Å²) in [6.45, 7) is 0.489. The average Bonchev–Trinajstić information content (AvgIpc) is 2.26. The molecule has 14 heavy (non-hydrogen) atoms. The van der Waals surface area contributed by atoms with Gasteiger partial charge >= 0.3 is 0 Å². The molecule has 0 aliphatic carbocycles. The Hall–Kier alpha value is -1.79. The molecule has 0 bridgehead atoms. The Kier molecular flexibility index (Phi) is 3.71. The Balaban J connectivity index is 3.06. The molecule has 2 N–H and O–H groups in total. The van der Waals surface area contributed by atoms with Gasteiger partial charge in [-0.1, -0.05) is 12.2 Å². The molecule has 3 nitrogen and oxygen atoms in total. The van der Waals surface area contributed by atoms with Gasteiger partial charge in [-0.2, -0.15) is 5.26 Å². The van der Waals surface area contributed by atoms with E-state index in [0.29, 0.717) is 17.9 Å². The number of nitrogens with zero attached hydrogens (tertiary/aromatic N) is 1. The molecule has 0 radical (unpaired) electrons. The van der Waals surface area contributed by atoms with Gasteiger partial charge in [0, 0.05) is 12.1 Å². The van der Waals surface area contributed by atoms with Gasteiger partial charge < -0.3 is 10.5 Å². The van der Waals surface area contributed by atoms with E-state index in [4.69, 9.17) is 15.7 Å². The van der Waals surface area contributed by atoms with Crippen molar-refractivity contribution < 1.29 is 4.74 Å². The topological polar surface area (TPSA) is 59.0 Å². The lowest BCUT2D eigenvalue weighted by Crippen LogP contribution is -1.93. The summed E-state index contributed by atoms with van der Waals surface area (Å²) < 4.78 is 5.14. The maximum Gasteiger partial charge on any atom is 0.127 e. The Morgan fingerprint density at radius 3 is 2.93 bits per heavy atom. The summed E-state index contributed by atoms with van der Waals surface area (Å²) in [5.74, 6) is 0.689. The molecular formula is C11H12N2O. The van der Waals surface area contributed by atoms with E-state index in [-0.39, 0.29) is 0 Å². The minimum Gasteiger partial charge on any atom is -0.496 e. The second kappa shape index (κ2) is 5.05. The number of benzene rings is 1. The molecule has 0 atom stereocenters. The van der Waals surface area contributed by atoms with Gasteiger partial charge in [-0.3, -0.25) is 0 Å². The first-order chi connectivity index (χ1) is 6.81. The molecule has 0 amide bonds. The lowest BCUT2D eigenvalue weighted by Gasteiger charge is -2.04. The number of nitriles is 1. The smallest absolute Gasteiger partial charge is 0.127 e. The maximum absolute atomic E-state index is 8.68. The second-order valence-corrected chi connectivity index (χ2v) is 2.71. The van der Waals surface area contributed by atoms with Gasteiger partial charge in [0.05, 0.1) is 18.7 Å². The summed E-state index contributed by atoms with van der Waals surface area (Å²) in [6, 6.07) is 7.35. The summed E-state index contributed by atoms with van der Waals surface area (Å²) in [5, 5.41) is 8.68. The molecule has 1 rings (SSSR count). The van der Waals surface area contributed by atoms with Crippen LogP contribution < -0.4 is 10.5 Å². The van der Waals surface area contributed by atoms with Gasteiger partial charge in [-0.25, -0.2) is 0 Å². The first-order valence-corrected chi connectivity index (χ1v) is 4.26. The zero-order valence-electron chi connectivity index (χ0n) is 8.03. The predicted octanol–water partition coefficient (Wildman–Crippen LogP) is 1.54. The Labute approximate surface area is 83.4 Å². The minimum atomic E-state index is 0.489. The molecule has 1 aromatic rings. The fourth-order valence-corrected chi connectivity index (χ4v) is 1.11. The molecule has 0 saturated carbocycles. The lowest BCUT2D eigenvalue weighted by atomic mass is 10.1. The average molecular weight is 188 g/mol. The number of rotatable bonds is 3. The van der Waals surface area contributed by atoms with E-state index in [2.05, 4.69) is 6.07 Å². The highest BCUT2D eigenvalue weighted by molar-refractivity contribution is 5.59. The first-order valence-electron chi connectivity index (χ1n) is 4.26. The molecule has 0 aromatic heterocycles. The molecule has 0 aliphatic rings. The van der Waals surface area contributed by atoms with Crippen molar-refractivity contribution in [3.63, 3.8) is 0 Å². The van der Waals surface area contributed by atoms with Crippen molar-refractivity contribution >= 4 is 6.08 Å². The third-order valence-corrected chi connectivity index (χ3v) is 1.80. The Bertz CT molecular complexity index is 377. The van der Waals surface area contributed by atoms with Crippen LogP contribution in [0.15, 0.2) is 24.3 Å². The third-order valence-electron chi connectivity index (χ3n) is 1.80. The van der Waals surface area contributed by atoms with Gasteiger partial charge in [0.2, 0.25) is 0 Å². The van der Waals surface area contributed by atoms with E-state index in [9.17, 15) is 0 Å². The highest BCUT2D eigenvalue weighted by Crippen LogP contribution is 2.20. The van der Waals surface area contributed by atoms with Crippen molar-refractivity contribution in [2.45, 2.75) is 0 Å². The van der Waals surface area contributed by atoms with Crippen molar-refractivity contribution in [3.05, 3.63) is 35.4 Å². The zero-order chi connectivity index (χ0) is 10.4. The van der Waals surface area contributed by atoms with Crippen LogP contribution in [0.5, 0.6) is 5.75 Å². The zero-order valence-corrected chi connectivity index (χ0v) is 8.03. The molecule has 1 aromatic carbocycles. The molecule has 0 aliphatic heterocycles. The van der Waals surface area contributed by atoms with Crippen molar-refractivity contribution in [2.75, 3.05) is 13.7 Å². The van der Waals surface area contributed by atoms with Crippen LogP contribution in [0.3, 0.4) is 0 Å². The van der Waals surface area contributed by atoms with Crippen molar-refractivity contribution in [2.24, 2.45) is 5.73 Å². The van der Waals surface area contributed by atoms with Crippen molar-refractivity contribution in [3.8, 4) is 11.8 Å². The molecule has 0 heterocycles. The number of nitrogens with two attached hydrogens (primary N) is 1. The fourth-order valence-electron chi connectivity index (χ4n) is 1.11. The van der Waals surface area contributed by atoms with Crippen molar-refractivity contribution in [1.82, 2.24) is 0 Å². The standard InChI is InChI=1S/C11H12N2O/c1-14-11-7-9(8-13)4-5-10(11)3-2-6-12/h2-5,7H,6,12H2,1H3. The van der Waals surface area contributed by atoms with Gasteiger partial charge in [0.1, 0.15) is 5.75 Å². The first kappa shape index (κ1) is 10.3. The van der Waals surface area contributed by atoms with Gasteiger partial charge in [-0.15, -0.1) is 0 Å². The molecule has 0 unspecified atom stereocenters. The summed E-state index contributed by atoms with van der Waals surface area (Å²) >= 11 is 0. The number of ether oxygens (including phenoxy) is 1. The second-order valence-electron chi connectivity index (χ2n) is 2.71. The number of hydrogen-bond donors (Lipinski definition) is 1. The molecule has 72 valence electrons. The molecule has 0 fully saturated rings. The van der Waals surface area contributed by atoms with Crippen LogP contribution in [-0.2, 0) is 0 Å². The predicted molar refractivity (Wildman–Crippen MR) is 55.8 cm³/mol. The Morgan fingerprint density at radius 1 is 1.57 bits per heavy atom. The molecular weight excluding hydrogens is 176 g/mol. The van der Waals surface area contributed by atoms with E-state index in [1.807, 2.05) is 18.2 Å². The van der Waals surface area contributed by atoms with Crippen LogP contribution in [0, 0.1) is 11.3 Å². The van der Waals surface area contributed by atoms with E-state index in [0.717, 1.165) is 5.56 Å². The molecule has 0 saturated heterocycles. The minimum absolute atomic E-state index is 0.489. The maximum atomic E-state index is 8.68. The molecule has 3 heteroatoms. The van der Waals surface area contributed by atoms with Crippen LogP contribution in [0.1, 0.15) is 11.1 Å². The Morgan fingerprint density at radius 2 is 2.36 bits per heavy atom. The van der Waals surface area contributed by atoms with Gasteiger partial charge in [-0.05, 0) is 18.2 Å². The van der Waals surface area contributed by atoms with Gasteiger partial charge in [0.15, 0.2) is 0 Å². The van der Waals surface area contributed by atoms with E-state index in [1.54, 1.807) is 19.2 Å². The number of methoxy groups -OCH3 is 1. The van der Waals surface area contributed by atoms with E-state index < -0.39 is 0 Å². The summed E-state index contributed by atoms with van der Waals surface area (Å²) in [7, 11) is 1.58. The quantitative estimate of drug-likeness (QED) is 0.782. The fraction of sp³-hybridized carbons (Fsp3) is 0.182. The van der Waals surface area contributed by atoms with E-state index >= 15 is 0 Å². The largest absolute Gasteiger partial charge is 0.496 e. The lowest BCUT2D eigenvalue weighted by molar-refractivity contribution is 0.413. The van der Waals surface area contributed by atoms with Crippen LogP contribution >= 0.6 is 0 Å². The highest BCUT2D eigenvalue weighted by atomic mass is 16.5. The summed E-state index contributed by atoms with van der Waals surface area (Å²) in [5.41, 5.74) is 6.86. The monoisotopic (exact) mass is 188 g/mol. The van der Waals surface area contributed by atoms with Crippen LogP contribution in [0.25, 0.3) is 6.08 Å². The van der Waals surface area contributed by atoms with Gasteiger partial charge in [0.25, 0.3) is 0 Å². The highest BCUT2D eigenvalue weighted by Gasteiger charge is 2.00.